The number of benzene rings is 1. The van der Waals surface area contributed by atoms with Gasteiger partial charge < -0.3 is 10.2 Å². The largest absolute Gasteiger partial charge is 0.363 e. The van der Waals surface area contributed by atoms with Crippen LogP contribution in [0.1, 0.15) is 51.8 Å². The van der Waals surface area contributed by atoms with E-state index in [9.17, 15) is 9.18 Å². The highest BCUT2D eigenvalue weighted by Crippen LogP contribution is 2.33. The monoisotopic (exact) mass is 403 g/mol. The lowest BCUT2D eigenvalue weighted by molar-refractivity contribution is -0.117. The number of hydrogen-bond acceptors (Lipinski definition) is 3. The fraction of sp³-hybridized carbons (Fsp3) is 0.455. The Labute approximate surface area is 171 Å². The molecule has 2 aromatic rings. The Morgan fingerprint density at radius 3 is 2.64 bits per heavy atom. The molecule has 0 spiro atoms. The van der Waals surface area contributed by atoms with Gasteiger partial charge in [-0.1, -0.05) is 44.5 Å². The summed E-state index contributed by atoms with van der Waals surface area (Å²) >= 11 is 5.98. The molecule has 1 amide bonds. The van der Waals surface area contributed by atoms with Crippen LogP contribution in [0.3, 0.4) is 0 Å². The second kappa shape index (κ2) is 8.08. The van der Waals surface area contributed by atoms with Crippen molar-refractivity contribution in [1.29, 1.82) is 0 Å². The quantitative estimate of drug-likeness (QED) is 0.723. The summed E-state index contributed by atoms with van der Waals surface area (Å²) in [5, 5.41) is 3.33. The van der Waals surface area contributed by atoms with Crippen LogP contribution in [-0.2, 0) is 17.8 Å². The summed E-state index contributed by atoms with van der Waals surface area (Å²) in [6.45, 7) is 8.70. The third-order valence-corrected chi connectivity index (χ3v) is 5.14. The third kappa shape index (κ3) is 5.02. The topological polar surface area (TPSA) is 45.2 Å². The molecule has 1 aromatic heterocycles. The lowest BCUT2D eigenvalue weighted by Gasteiger charge is -2.37. The number of carbonyl (C=O) groups excluding carboxylic acids is 1. The number of aryl methyl sites for hydroxylation is 1. The van der Waals surface area contributed by atoms with E-state index in [-0.39, 0.29) is 23.2 Å². The molecule has 2 heterocycles. The maximum absolute atomic E-state index is 14.7. The molecule has 1 aromatic carbocycles. The van der Waals surface area contributed by atoms with E-state index in [1.807, 2.05) is 45.0 Å². The molecule has 3 rings (SSSR count). The van der Waals surface area contributed by atoms with Crippen molar-refractivity contribution in [2.75, 3.05) is 10.2 Å². The summed E-state index contributed by atoms with van der Waals surface area (Å²) in [5.74, 6) is -0.703. The van der Waals surface area contributed by atoms with Crippen LogP contribution in [0.25, 0.3) is 0 Å². The van der Waals surface area contributed by atoms with Gasteiger partial charge in [0.1, 0.15) is 0 Å². The average Bonchev–Trinajstić information content (AvgIpc) is 2.59. The van der Waals surface area contributed by atoms with Gasteiger partial charge in [-0.25, -0.2) is 9.37 Å². The number of halogens is 2. The van der Waals surface area contributed by atoms with Crippen LogP contribution in [-0.4, -0.2) is 16.9 Å². The zero-order valence-corrected chi connectivity index (χ0v) is 17.6. The number of nitrogens with zero attached hydrogens (tertiary/aromatic N) is 2. The summed E-state index contributed by atoms with van der Waals surface area (Å²) in [5.41, 5.74) is 2.55. The molecule has 28 heavy (non-hydrogen) atoms. The van der Waals surface area contributed by atoms with Gasteiger partial charge >= 0.3 is 0 Å². The number of rotatable bonds is 4. The Morgan fingerprint density at radius 2 is 2.00 bits per heavy atom. The van der Waals surface area contributed by atoms with Gasteiger partial charge in [0, 0.05) is 30.1 Å². The van der Waals surface area contributed by atoms with E-state index >= 15 is 0 Å². The van der Waals surface area contributed by atoms with Gasteiger partial charge in [0.15, 0.2) is 11.6 Å². The fourth-order valence-corrected chi connectivity index (χ4v) is 3.59. The predicted octanol–water partition coefficient (Wildman–Crippen LogP) is 5.59. The number of pyridine rings is 1. The van der Waals surface area contributed by atoms with Crippen molar-refractivity contribution >= 4 is 29.0 Å². The van der Waals surface area contributed by atoms with Gasteiger partial charge in [0.2, 0.25) is 5.91 Å². The van der Waals surface area contributed by atoms with Crippen molar-refractivity contribution in [1.82, 2.24) is 4.98 Å². The van der Waals surface area contributed by atoms with Crippen LogP contribution in [0.15, 0.2) is 30.3 Å². The number of amides is 1. The number of fused-ring (bicyclic) bond motifs is 1. The van der Waals surface area contributed by atoms with Crippen LogP contribution < -0.4 is 10.2 Å². The van der Waals surface area contributed by atoms with Gasteiger partial charge in [-0.3, -0.25) is 4.79 Å². The van der Waals surface area contributed by atoms with Crippen molar-refractivity contribution < 1.29 is 9.18 Å². The highest BCUT2D eigenvalue weighted by Gasteiger charge is 2.27. The molecule has 1 aliphatic rings. The highest BCUT2D eigenvalue weighted by atomic mass is 35.5. The molecule has 6 heteroatoms. The molecule has 0 unspecified atom stereocenters. The summed E-state index contributed by atoms with van der Waals surface area (Å²) in [6.07, 6.45) is 2.00. The number of anilines is 2. The average molecular weight is 404 g/mol. The third-order valence-electron chi connectivity index (χ3n) is 4.89. The first kappa shape index (κ1) is 20.6. The minimum absolute atomic E-state index is 0.0222. The molecule has 0 saturated heterocycles. The lowest BCUT2D eigenvalue weighted by atomic mass is 9.92. The number of hydrogen-bond donors (Lipinski definition) is 1. The van der Waals surface area contributed by atoms with Crippen molar-refractivity contribution in [2.24, 2.45) is 5.41 Å². The normalized spacial score (nSPS) is 16.6. The number of carbonyl (C=O) groups is 1. The van der Waals surface area contributed by atoms with Gasteiger partial charge in [0.05, 0.1) is 11.4 Å². The molecular formula is C22H27ClFN3O. The Bertz CT molecular complexity index is 861. The van der Waals surface area contributed by atoms with E-state index in [1.54, 1.807) is 0 Å². The van der Waals surface area contributed by atoms with E-state index in [2.05, 4.69) is 22.1 Å². The maximum atomic E-state index is 14.7. The van der Waals surface area contributed by atoms with Gasteiger partial charge in [-0.15, -0.1) is 0 Å². The molecule has 0 radical (unpaired) electrons. The summed E-state index contributed by atoms with van der Waals surface area (Å²) < 4.78 is 14.7. The smallest absolute Gasteiger partial charge is 0.226 e. The second-order valence-corrected chi connectivity index (χ2v) is 9.15. The summed E-state index contributed by atoms with van der Waals surface area (Å²) in [4.78, 5) is 18.8. The molecule has 1 atom stereocenters. The van der Waals surface area contributed by atoms with Gasteiger partial charge in [-0.2, -0.15) is 0 Å². The molecule has 150 valence electrons. The van der Waals surface area contributed by atoms with Crippen molar-refractivity contribution in [3.8, 4) is 0 Å². The van der Waals surface area contributed by atoms with Crippen molar-refractivity contribution in [2.45, 2.75) is 59.5 Å². The molecular weight excluding hydrogens is 377 g/mol. The van der Waals surface area contributed by atoms with Crippen molar-refractivity contribution in [3.05, 3.63) is 52.4 Å². The SMILES string of the molecule is C[C@H]1CCc2nc(NC(=O)CC(C)(C)C)c(F)cc2N1Cc1ccc(Cl)cc1. The van der Waals surface area contributed by atoms with Crippen LogP contribution in [0, 0.1) is 11.2 Å². The zero-order valence-electron chi connectivity index (χ0n) is 16.9. The summed E-state index contributed by atoms with van der Waals surface area (Å²) in [6, 6.07) is 9.45. The second-order valence-electron chi connectivity index (χ2n) is 8.71. The zero-order chi connectivity index (χ0) is 20.5. The predicted molar refractivity (Wildman–Crippen MR) is 112 cm³/mol. The van der Waals surface area contributed by atoms with Crippen LogP contribution in [0.2, 0.25) is 5.02 Å². The molecule has 0 saturated carbocycles. The van der Waals surface area contributed by atoms with Gasteiger partial charge in [-0.05, 0) is 42.9 Å². The van der Waals surface area contributed by atoms with Crippen LogP contribution in [0.4, 0.5) is 15.9 Å². The van der Waals surface area contributed by atoms with E-state index in [4.69, 9.17) is 11.6 Å². The van der Waals surface area contributed by atoms with E-state index < -0.39 is 5.82 Å². The first-order chi connectivity index (χ1) is 13.1. The maximum Gasteiger partial charge on any atom is 0.226 e. The molecule has 1 aliphatic heterocycles. The van der Waals surface area contributed by atoms with Crippen LogP contribution in [0.5, 0.6) is 0 Å². The number of nitrogens with one attached hydrogen (secondary N) is 1. The highest BCUT2D eigenvalue weighted by molar-refractivity contribution is 6.30. The Kier molecular flexibility index (Phi) is 5.94. The molecule has 1 N–H and O–H groups in total. The Morgan fingerprint density at radius 1 is 1.32 bits per heavy atom. The van der Waals surface area contributed by atoms with Crippen molar-refractivity contribution in [3.63, 3.8) is 0 Å². The van der Waals surface area contributed by atoms with E-state index in [0.29, 0.717) is 18.0 Å². The standard InChI is InChI=1S/C22H27ClFN3O/c1-14-5-10-18-19(27(14)13-15-6-8-16(23)9-7-15)11-17(24)21(25-18)26-20(28)12-22(2,3)4/h6-9,11,14H,5,10,12-13H2,1-4H3,(H,25,26,28)/t14-/m0/s1. The molecule has 4 nitrogen and oxygen atoms in total. The first-order valence-electron chi connectivity index (χ1n) is 9.63. The van der Waals surface area contributed by atoms with E-state index in [0.717, 1.165) is 29.8 Å². The summed E-state index contributed by atoms with van der Waals surface area (Å²) in [7, 11) is 0. The van der Waals surface area contributed by atoms with Gasteiger partial charge in [0.25, 0.3) is 0 Å². The minimum atomic E-state index is -0.504. The molecule has 0 aliphatic carbocycles. The Hall–Kier alpha value is -2.14. The molecule has 0 fully saturated rings. The Balaban J connectivity index is 1.84. The van der Waals surface area contributed by atoms with E-state index in [1.165, 1.54) is 6.07 Å². The number of aromatic nitrogens is 1. The molecule has 0 bridgehead atoms. The van der Waals surface area contributed by atoms with Crippen LogP contribution >= 0.6 is 11.6 Å². The minimum Gasteiger partial charge on any atom is -0.363 e. The lowest BCUT2D eigenvalue weighted by Crippen LogP contribution is -2.37. The fourth-order valence-electron chi connectivity index (χ4n) is 3.46. The first-order valence-corrected chi connectivity index (χ1v) is 10.0.